The van der Waals surface area contributed by atoms with E-state index in [4.69, 9.17) is 9.84 Å². The summed E-state index contributed by atoms with van der Waals surface area (Å²) in [5.41, 5.74) is 0. The molecule has 0 bridgehead atoms. The van der Waals surface area contributed by atoms with E-state index < -0.39 is 18.0 Å². The Kier molecular flexibility index (Phi) is 8.13. The molecule has 3 N–H and O–H groups in total. The van der Waals surface area contributed by atoms with Crippen molar-refractivity contribution in [2.45, 2.75) is 32.7 Å². The number of ether oxygens (including phenoxy) is 1. The van der Waals surface area contributed by atoms with Crippen LogP contribution in [0, 0.1) is 5.92 Å². The van der Waals surface area contributed by atoms with Gasteiger partial charge in [0.25, 0.3) is 0 Å². The second-order valence-electron chi connectivity index (χ2n) is 4.27. The van der Waals surface area contributed by atoms with Gasteiger partial charge in [0.05, 0.1) is 0 Å². The highest BCUT2D eigenvalue weighted by molar-refractivity contribution is 5.82. The summed E-state index contributed by atoms with van der Waals surface area (Å²) in [7, 11) is 1.59. The van der Waals surface area contributed by atoms with Crippen molar-refractivity contribution in [3.63, 3.8) is 0 Å². The third kappa shape index (κ3) is 8.50. The first kappa shape index (κ1) is 15.7. The summed E-state index contributed by atoms with van der Waals surface area (Å²) in [6.07, 6.45) is 1.12. The van der Waals surface area contributed by atoms with Gasteiger partial charge in [0, 0.05) is 20.3 Å². The molecule has 100 valence electrons. The fourth-order valence-electron chi connectivity index (χ4n) is 1.32. The Balaban J connectivity index is 3.91. The molecule has 0 saturated heterocycles. The van der Waals surface area contributed by atoms with Crippen molar-refractivity contribution >= 4 is 12.0 Å². The Hall–Kier alpha value is -1.30. The molecular weight excluding hydrogens is 224 g/mol. The van der Waals surface area contributed by atoms with E-state index in [9.17, 15) is 9.59 Å². The van der Waals surface area contributed by atoms with Crippen LogP contribution in [0.25, 0.3) is 0 Å². The molecule has 0 heterocycles. The third-order valence-electron chi connectivity index (χ3n) is 2.12. The SMILES string of the molecule is COCCCNC(=O)N[C@@H](CC(C)C)C(=O)O. The maximum Gasteiger partial charge on any atom is 0.326 e. The molecule has 0 aromatic carbocycles. The third-order valence-corrected chi connectivity index (χ3v) is 2.12. The molecule has 0 saturated carbocycles. The Morgan fingerprint density at radius 2 is 2.00 bits per heavy atom. The Labute approximate surface area is 102 Å². The maximum absolute atomic E-state index is 11.4. The number of hydrogen-bond acceptors (Lipinski definition) is 3. The standard InChI is InChI=1S/C11H22N2O4/c1-8(2)7-9(10(14)15)13-11(16)12-5-4-6-17-3/h8-9H,4-7H2,1-3H3,(H,14,15)(H2,12,13,16)/t9-/m0/s1. The summed E-state index contributed by atoms with van der Waals surface area (Å²) >= 11 is 0. The van der Waals surface area contributed by atoms with Crippen LogP contribution in [0.2, 0.25) is 0 Å². The van der Waals surface area contributed by atoms with Crippen molar-refractivity contribution < 1.29 is 19.4 Å². The minimum atomic E-state index is -1.01. The van der Waals surface area contributed by atoms with Crippen LogP contribution in [-0.4, -0.2) is 43.4 Å². The van der Waals surface area contributed by atoms with Crippen LogP contribution in [0.4, 0.5) is 4.79 Å². The number of aliphatic carboxylic acids is 1. The largest absolute Gasteiger partial charge is 0.480 e. The Morgan fingerprint density at radius 1 is 1.35 bits per heavy atom. The van der Waals surface area contributed by atoms with E-state index in [1.165, 1.54) is 0 Å². The van der Waals surface area contributed by atoms with E-state index in [-0.39, 0.29) is 5.92 Å². The van der Waals surface area contributed by atoms with Gasteiger partial charge in [-0.2, -0.15) is 0 Å². The lowest BCUT2D eigenvalue weighted by Crippen LogP contribution is -2.46. The molecule has 0 aromatic heterocycles. The van der Waals surface area contributed by atoms with Gasteiger partial charge in [-0.05, 0) is 18.8 Å². The smallest absolute Gasteiger partial charge is 0.326 e. The van der Waals surface area contributed by atoms with Crippen LogP contribution >= 0.6 is 0 Å². The van der Waals surface area contributed by atoms with Gasteiger partial charge in [-0.25, -0.2) is 9.59 Å². The van der Waals surface area contributed by atoms with Crippen LogP contribution < -0.4 is 10.6 Å². The van der Waals surface area contributed by atoms with Crippen molar-refractivity contribution in [2.24, 2.45) is 5.92 Å². The molecule has 0 rings (SSSR count). The minimum absolute atomic E-state index is 0.213. The molecule has 1 atom stereocenters. The lowest BCUT2D eigenvalue weighted by Gasteiger charge is -2.16. The maximum atomic E-state index is 11.4. The average Bonchev–Trinajstić information content (AvgIpc) is 2.22. The number of urea groups is 1. The van der Waals surface area contributed by atoms with E-state index in [2.05, 4.69) is 10.6 Å². The molecule has 6 nitrogen and oxygen atoms in total. The summed E-state index contributed by atoms with van der Waals surface area (Å²) in [5.74, 6) is -0.796. The molecule has 0 unspecified atom stereocenters. The molecule has 0 aliphatic carbocycles. The molecule has 0 aliphatic rings. The second kappa shape index (κ2) is 8.81. The molecule has 0 aliphatic heterocycles. The molecule has 2 amide bonds. The zero-order valence-corrected chi connectivity index (χ0v) is 10.7. The van der Waals surface area contributed by atoms with Crippen LogP contribution in [0.1, 0.15) is 26.7 Å². The fourth-order valence-corrected chi connectivity index (χ4v) is 1.32. The molecule has 17 heavy (non-hydrogen) atoms. The van der Waals surface area contributed by atoms with Gasteiger partial charge < -0.3 is 20.5 Å². The van der Waals surface area contributed by atoms with E-state index >= 15 is 0 Å². The van der Waals surface area contributed by atoms with E-state index in [0.717, 1.165) is 0 Å². The summed E-state index contributed by atoms with van der Waals surface area (Å²) in [4.78, 5) is 22.3. The second-order valence-corrected chi connectivity index (χ2v) is 4.27. The van der Waals surface area contributed by atoms with Crippen molar-refractivity contribution in [1.82, 2.24) is 10.6 Å². The molecule has 0 fully saturated rings. The summed E-state index contributed by atoms with van der Waals surface area (Å²) < 4.78 is 4.83. The number of carbonyl (C=O) groups excluding carboxylic acids is 1. The first-order chi connectivity index (χ1) is 7.97. The summed E-state index contributed by atoms with van der Waals surface area (Å²) in [6.45, 7) is 4.85. The number of carboxylic acids is 1. The molecule has 0 aromatic rings. The molecule has 0 radical (unpaired) electrons. The van der Waals surface area contributed by atoms with Gasteiger partial charge >= 0.3 is 12.0 Å². The van der Waals surface area contributed by atoms with Crippen molar-refractivity contribution in [3.8, 4) is 0 Å². The Bertz CT molecular complexity index is 244. The fraction of sp³-hybridized carbons (Fsp3) is 0.818. The number of amides is 2. The van der Waals surface area contributed by atoms with Gasteiger partial charge in [-0.15, -0.1) is 0 Å². The lowest BCUT2D eigenvalue weighted by atomic mass is 10.0. The number of carbonyl (C=O) groups is 2. The van der Waals surface area contributed by atoms with Crippen molar-refractivity contribution in [3.05, 3.63) is 0 Å². The topological polar surface area (TPSA) is 87.7 Å². The van der Waals surface area contributed by atoms with Gasteiger partial charge in [0.15, 0.2) is 0 Å². The van der Waals surface area contributed by atoms with Crippen molar-refractivity contribution in [1.29, 1.82) is 0 Å². The first-order valence-corrected chi connectivity index (χ1v) is 5.73. The number of methoxy groups -OCH3 is 1. The van der Waals surface area contributed by atoms with Crippen molar-refractivity contribution in [2.75, 3.05) is 20.3 Å². The van der Waals surface area contributed by atoms with Gasteiger partial charge in [0.2, 0.25) is 0 Å². The monoisotopic (exact) mass is 246 g/mol. The highest BCUT2D eigenvalue weighted by atomic mass is 16.5. The predicted molar refractivity (Wildman–Crippen MR) is 63.9 cm³/mol. The summed E-state index contributed by atoms with van der Waals surface area (Å²) in [6, 6.07) is -1.29. The van der Waals surface area contributed by atoms with Crippen LogP contribution in [-0.2, 0) is 9.53 Å². The number of rotatable bonds is 8. The van der Waals surface area contributed by atoms with Gasteiger partial charge in [-0.3, -0.25) is 0 Å². The van der Waals surface area contributed by atoms with Gasteiger partial charge in [-0.1, -0.05) is 13.8 Å². The minimum Gasteiger partial charge on any atom is -0.480 e. The molecule has 6 heteroatoms. The molecular formula is C11H22N2O4. The zero-order chi connectivity index (χ0) is 13.3. The van der Waals surface area contributed by atoms with Gasteiger partial charge in [0.1, 0.15) is 6.04 Å². The average molecular weight is 246 g/mol. The summed E-state index contributed by atoms with van der Waals surface area (Å²) in [5, 5.41) is 13.9. The van der Waals surface area contributed by atoms with Crippen LogP contribution in [0.3, 0.4) is 0 Å². The Morgan fingerprint density at radius 3 is 2.47 bits per heavy atom. The normalized spacial score (nSPS) is 12.2. The number of nitrogens with one attached hydrogen (secondary N) is 2. The van der Waals surface area contributed by atoms with Crippen LogP contribution in [0.5, 0.6) is 0 Å². The quantitative estimate of drug-likeness (QED) is 0.553. The number of carboxylic acid groups (broad SMARTS) is 1. The highest BCUT2D eigenvalue weighted by Crippen LogP contribution is 2.04. The highest BCUT2D eigenvalue weighted by Gasteiger charge is 2.20. The predicted octanol–water partition coefficient (Wildman–Crippen LogP) is 0.821. The van der Waals surface area contributed by atoms with E-state index in [0.29, 0.717) is 26.0 Å². The van der Waals surface area contributed by atoms with E-state index in [1.54, 1.807) is 7.11 Å². The number of hydrogen-bond donors (Lipinski definition) is 3. The van der Waals surface area contributed by atoms with E-state index in [1.807, 2.05) is 13.8 Å². The first-order valence-electron chi connectivity index (χ1n) is 5.73. The molecule has 0 spiro atoms. The zero-order valence-electron chi connectivity index (χ0n) is 10.7. The van der Waals surface area contributed by atoms with Crippen LogP contribution in [0.15, 0.2) is 0 Å². The lowest BCUT2D eigenvalue weighted by molar-refractivity contribution is -0.139.